The van der Waals surface area contributed by atoms with Crippen LogP contribution < -0.4 is 0 Å². The number of rotatable bonds is 5. The summed E-state index contributed by atoms with van der Waals surface area (Å²) in [4.78, 5) is 8.23. The van der Waals surface area contributed by atoms with Crippen molar-refractivity contribution in [2.75, 3.05) is 6.61 Å². The van der Waals surface area contributed by atoms with E-state index in [-0.39, 0.29) is 12.5 Å². The van der Waals surface area contributed by atoms with Gasteiger partial charge in [-0.3, -0.25) is 0 Å². The Kier molecular flexibility index (Phi) is 5.37. The fourth-order valence-corrected chi connectivity index (χ4v) is 3.28. The van der Waals surface area contributed by atoms with Crippen molar-refractivity contribution in [1.82, 2.24) is 9.97 Å². The third kappa shape index (κ3) is 4.57. The molecule has 0 radical (unpaired) electrons. The summed E-state index contributed by atoms with van der Waals surface area (Å²) in [6.07, 6.45) is 0.198. The van der Waals surface area contributed by atoms with E-state index in [1.165, 1.54) is 0 Å². The van der Waals surface area contributed by atoms with Gasteiger partial charge < -0.3 is 5.11 Å². The number of aliphatic hydroxyl groups is 1. The maximum Gasteiger partial charge on any atom is 0.433 e. The molecule has 0 aliphatic heterocycles. The van der Waals surface area contributed by atoms with E-state index >= 15 is 0 Å². The second-order valence-electron chi connectivity index (χ2n) is 6.55. The fraction of sp³-hybridized carbons (Fsp3) is 0.474. The van der Waals surface area contributed by atoms with Gasteiger partial charge in [-0.25, -0.2) is 9.97 Å². The minimum absolute atomic E-state index is 0.0352. The standard InChI is InChI=1S/C19H21F3N2O/c20-19(21,22)17-12-16(23-18(24-17)15-3-1-2-4-15)11-14-7-5-13(6-8-14)9-10-25/h5-8,12,15,25H,1-4,9-11H2. The summed E-state index contributed by atoms with van der Waals surface area (Å²) >= 11 is 0. The summed E-state index contributed by atoms with van der Waals surface area (Å²) in [6.45, 7) is 0.0744. The third-order valence-corrected chi connectivity index (χ3v) is 4.62. The molecule has 1 aliphatic rings. The van der Waals surface area contributed by atoms with Gasteiger partial charge >= 0.3 is 6.18 Å². The van der Waals surface area contributed by atoms with E-state index in [1.54, 1.807) is 0 Å². The van der Waals surface area contributed by atoms with Gasteiger partial charge in [0.15, 0.2) is 0 Å². The zero-order valence-corrected chi connectivity index (χ0v) is 13.9. The molecule has 2 aromatic rings. The average Bonchev–Trinajstić information content (AvgIpc) is 3.10. The van der Waals surface area contributed by atoms with Crippen LogP contribution in [0, 0.1) is 0 Å². The minimum atomic E-state index is -4.46. The lowest BCUT2D eigenvalue weighted by Gasteiger charge is -2.14. The van der Waals surface area contributed by atoms with Crippen LogP contribution >= 0.6 is 0 Å². The molecule has 0 amide bonds. The van der Waals surface area contributed by atoms with Crippen LogP contribution in [0.4, 0.5) is 13.2 Å². The molecule has 1 N–H and O–H groups in total. The Morgan fingerprint density at radius 2 is 1.64 bits per heavy atom. The number of aliphatic hydroxyl groups excluding tert-OH is 1. The molecule has 1 aromatic carbocycles. The number of hydrogen-bond donors (Lipinski definition) is 1. The first-order chi connectivity index (χ1) is 12.0. The van der Waals surface area contributed by atoms with Gasteiger partial charge in [-0.05, 0) is 36.5 Å². The Bertz CT molecular complexity index is 708. The Balaban J connectivity index is 1.87. The number of alkyl halides is 3. The monoisotopic (exact) mass is 350 g/mol. The molecule has 1 heterocycles. The zero-order chi connectivity index (χ0) is 17.9. The third-order valence-electron chi connectivity index (χ3n) is 4.62. The Labute approximate surface area is 144 Å². The Morgan fingerprint density at radius 1 is 1.00 bits per heavy atom. The van der Waals surface area contributed by atoms with Crippen molar-refractivity contribution in [2.24, 2.45) is 0 Å². The molecule has 1 aliphatic carbocycles. The summed E-state index contributed by atoms with van der Waals surface area (Å²) in [6, 6.07) is 8.57. The highest BCUT2D eigenvalue weighted by Crippen LogP contribution is 2.35. The van der Waals surface area contributed by atoms with E-state index in [0.717, 1.165) is 42.9 Å². The van der Waals surface area contributed by atoms with Gasteiger partial charge in [-0.2, -0.15) is 13.2 Å². The summed E-state index contributed by atoms with van der Waals surface area (Å²) in [5.41, 5.74) is 1.44. The number of aromatic nitrogens is 2. The summed E-state index contributed by atoms with van der Waals surface area (Å²) in [5, 5.41) is 8.94. The summed E-state index contributed by atoms with van der Waals surface area (Å²) in [7, 11) is 0. The fourth-order valence-electron chi connectivity index (χ4n) is 3.28. The molecular formula is C19H21F3N2O. The van der Waals surface area contributed by atoms with Gasteiger partial charge in [-0.1, -0.05) is 37.1 Å². The molecule has 1 fully saturated rings. The van der Waals surface area contributed by atoms with Gasteiger partial charge in [0, 0.05) is 24.6 Å². The number of nitrogens with zero attached hydrogens (tertiary/aromatic N) is 2. The van der Waals surface area contributed by atoms with E-state index < -0.39 is 11.9 Å². The molecule has 0 bridgehead atoms. The Hall–Kier alpha value is -1.95. The van der Waals surface area contributed by atoms with E-state index in [2.05, 4.69) is 9.97 Å². The van der Waals surface area contributed by atoms with Crippen molar-refractivity contribution < 1.29 is 18.3 Å². The molecule has 0 atom stereocenters. The van der Waals surface area contributed by atoms with E-state index in [4.69, 9.17) is 5.11 Å². The van der Waals surface area contributed by atoms with Crippen LogP contribution in [-0.2, 0) is 19.0 Å². The van der Waals surface area contributed by atoms with Gasteiger partial charge in [0.2, 0.25) is 0 Å². The zero-order valence-electron chi connectivity index (χ0n) is 13.9. The van der Waals surface area contributed by atoms with Crippen molar-refractivity contribution in [3.8, 4) is 0 Å². The predicted molar refractivity (Wildman–Crippen MR) is 88.3 cm³/mol. The summed E-state index contributed by atoms with van der Waals surface area (Å²) < 4.78 is 39.6. The molecule has 1 aromatic heterocycles. The van der Waals surface area contributed by atoms with Crippen LogP contribution in [0.15, 0.2) is 30.3 Å². The first-order valence-corrected chi connectivity index (χ1v) is 8.59. The van der Waals surface area contributed by atoms with Crippen molar-refractivity contribution >= 4 is 0 Å². The van der Waals surface area contributed by atoms with Crippen molar-refractivity contribution in [2.45, 2.75) is 50.6 Å². The number of benzene rings is 1. The molecule has 0 saturated heterocycles. The van der Waals surface area contributed by atoms with Crippen LogP contribution in [0.25, 0.3) is 0 Å². The van der Waals surface area contributed by atoms with Crippen LogP contribution in [-0.4, -0.2) is 21.7 Å². The van der Waals surface area contributed by atoms with Crippen LogP contribution in [0.5, 0.6) is 0 Å². The normalized spacial score (nSPS) is 15.7. The highest BCUT2D eigenvalue weighted by Gasteiger charge is 2.34. The quantitative estimate of drug-likeness (QED) is 0.875. The lowest BCUT2D eigenvalue weighted by Crippen LogP contribution is -2.14. The van der Waals surface area contributed by atoms with E-state index in [0.29, 0.717) is 24.4 Å². The average molecular weight is 350 g/mol. The van der Waals surface area contributed by atoms with E-state index in [1.807, 2.05) is 24.3 Å². The maximum atomic E-state index is 13.2. The molecule has 0 spiro atoms. The van der Waals surface area contributed by atoms with Crippen molar-refractivity contribution in [3.05, 3.63) is 58.7 Å². The molecule has 3 nitrogen and oxygen atoms in total. The second-order valence-corrected chi connectivity index (χ2v) is 6.55. The molecule has 25 heavy (non-hydrogen) atoms. The van der Waals surface area contributed by atoms with Gasteiger partial charge in [-0.15, -0.1) is 0 Å². The lowest BCUT2D eigenvalue weighted by atomic mass is 10.0. The van der Waals surface area contributed by atoms with Crippen molar-refractivity contribution in [1.29, 1.82) is 0 Å². The largest absolute Gasteiger partial charge is 0.433 e. The van der Waals surface area contributed by atoms with Crippen LogP contribution in [0.3, 0.4) is 0 Å². The van der Waals surface area contributed by atoms with Gasteiger partial charge in [0.25, 0.3) is 0 Å². The number of halogens is 3. The molecule has 1 saturated carbocycles. The molecule has 6 heteroatoms. The smallest absolute Gasteiger partial charge is 0.396 e. The maximum absolute atomic E-state index is 13.2. The second kappa shape index (κ2) is 7.52. The molecule has 134 valence electrons. The van der Waals surface area contributed by atoms with Gasteiger partial charge in [0.1, 0.15) is 11.5 Å². The lowest BCUT2D eigenvalue weighted by molar-refractivity contribution is -0.141. The Morgan fingerprint density at radius 3 is 2.24 bits per heavy atom. The van der Waals surface area contributed by atoms with Crippen LogP contribution in [0.2, 0.25) is 0 Å². The minimum Gasteiger partial charge on any atom is -0.396 e. The predicted octanol–water partition coefficient (Wildman–Crippen LogP) is 4.28. The first-order valence-electron chi connectivity index (χ1n) is 8.59. The van der Waals surface area contributed by atoms with Gasteiger partial charge in [0.05, 0.1) is 0 Å². The van der Waals surface area contributed by atoms with Crippen molar-refractivity contribution in [3.63, 3.8) is 0 Å². The molecule has 3 rings (SSSR count). The first kappa shape index (κ1) is 17.9. The highest BCUT2D eigenvalue weighted by molar-refractivity contribution is 5.28. The molecular weight excluding hydrogens is 329 g/mol. The topological polar surface area (TPSA) is 46.0 Å². The van der Waals surface area contributed by atoms with Crippen LogP contribution in [0.1, 0.15) is 59.9 Å². The van der Waals surface area contributed by atoms with E-state index in [9.17, 15) is 13.2 Å². The summed E-state index contributed by atoms with van der Waals surface area (Å²) in [5.74, 6) is 0.368. The SMILES string of the molecule is OCCc1ccc(Cc2cc(C(F)(F)F)nc(C3CCCC3)n2)cc1. The number of hydrogen-bond acceptors (Lipinski definition) is 3. The molecule has 0 unspecified atom stereocenters. The highest BCUT2D eigenvalue weighted by atomic mass is 19.4.